The molecule has 1 saturated heterocycles. The second-order valence-electron chi connectivity index (χ2n) is 3.72. The third kappa shape index (κ3) is 2.23. The average Bonchev–Trinajstić information content (AvgIpc) is 2.72. The van der Waals surface area contributed by atoms with Crippen molar-refractivity contribution in [2.75, 3.05) is 6.54 Å². The van der Waals surface area contributed by atoms with Crippen molar-refractivity contribution in [3.63, 3.8) is 0 Å². The first kappa shape index (κ1) is 9.46. The van der Waals surface area contributed by atoms with E-state index < -0.39 is 0 Å². The number of Topliss-reactive ketones (excluding diaryl/α,β-unsaturated/α-hetero) is 1. The van der Waals surface area contributed by atoms with Crippen LogP contribution in [-0.2, 0) is 11.2 Å². The predicted octanol–water partition coefficient (Wildman–Crippen LogP) is 1.53. The van der Waals surface area contributed by atoms with Crippen molar-refractivity contribution in [1.82, 2.24) is 5.32 Å². The summed E-state index contributed by atoms with van der Waals surface area (Å²) in [5.41, 5.74) is 0. The van der Waals surface area contributed by atoms with E-state index in [0.29, 0.717) is 6.42 Å². The molecule has 0 bridgehead atoms. The zero-order valence-electron chi connectivity index (χ0n) is 8.16. The fraction of sp³-hybridized carbons (Fsp3) is 0.545. The van der Waals surface area contributed by atoms with Gasteiger partial charge in [-0.05, 0) is 31.5 Å². The molecule has 3 heteroatoms. The third-order valence-corrected chi connectivity index (χ3v) is 2.63. The van der Waals surface area contributed by atoms with Crippen LogP contribution in [0.4, 0.5) is 0 Å². The lowest BCUT2D eigenvalue weighted by Gasteiger charge is -2.21. The molecule has 1 aliphatic rings. The van der Waals surface area contributed by atoms with Crippen LogP contribution in [0.3, 0.4) is 0 Å². The minimum atomic E-state index is 0.0499. The lowest BCUT2D eigenvalue weighted by molar-refractivity contribution is -0.121. The molecule has 14 heavy (non-hydrogen) atoms. The summed E-state index contributed by atoms with van der Waals surface area (Å²) < 4.78 is 5.15. The Morgan fingerprint density at radius 3 is 3.14 bits per heavy atom. The van der Waals surface area contributed by atoms with E-state index in [0.717, 1.165) is 25.1 Å². The summed E-state index contributed by atoms with van der Waals surface area (Å²) in [6.07, 6.45) is 5.34. The van der Waals surface area contributed by atoms with Gasteiger partial charge in [-0.1, -0.05) is 6.42 Å². The fourth-order valence-electron chi connectivity index (χ4n) is 1.83. The van der Waals surface area contributed by atoms with Crippen LogP contribution in [0.15, 0.2) is 22.8 Å². The molecule has 1 fully saturated rings. The van der Waals surface area contributed by atoms with Crippen LogP contribution in [-0.4, -0.2) is 18.4 Å². The SMILES string of the molecule is O=C(Cc1ccco1)C1CCCCN1. The summed E-state index contributed by atoms with van der Waals surface area (Å²) in [4.78, 5) is 11.7. The molecule has 0 aromatic carbocycles. The van der Waals surface area contributed by atoms with Crippen LogP contribution in [0.1, 0.15) is 25.0 Å². The number of ketones is 1. The molecule has 0 spiro atoms. The van der Waals surface area contributed by atoms with Crippen LogP contribution in [0, 0.1) is 0 Å². The second kappa shape index (κ2) is 4.42. The van der Waals surface area contributed by atoms with Crippen molar-refractivity contribution in [3.8, 4) is 0 Å². The molecular weight excluding hydrogens is 178 g/mol. The maximum Gasteiger partial charge on any atom is 0.157 e. The van der Waals surface area contributed by atoms with E-state index in [-0.39, 0.29) is 11.8 Å². The van der Waals surface area contributed by atoms with Gasteiger partial charge in [-0.2, -0.15) is 0 Å². The Morgan fingerprint density at radius 1 is 1.57 bits per heavy atom. The molecule has 1 unspecified atom stereocenters. The number of hydrogen-bond donors (Lipinski definition) is 1. The topological polar surface area (TPSA) is 42.2 Å². The molecule has 76 valence electrons. The standard InChI is InChI=1S/C11H15NO2/c13-11(8-9-4-3-7-14-9)10-5-1-2-6-12-10/h3-4,7,10,12H,1-2,5-6,8H2. The maximum atomic E-state index is 11.7. The van der Waals surface area contributed by atoms with Gasteiger partial charge in [0.25, 0.3) is 0 Å². The van der Waals surface area contributed by atoms with Gasteiger partial charge in [0.05, 0.1) is 18.7 Å². The largest absolute Gasteiger partial charge is 0.469 e. The minimum Gasteiger partial charge on any atom is -0.469 e. The number of carbonyl (C=O) groups excluding carboxylic acids is 1. The molecular formula is C11H15NO2. The molecule has 3 nitrogen and oxygen atoms in total. The van der Waals surface area contributed by atoms with Gasteiger partial charge in [0.1, 0.15) is 5.76 Å². The van der Waals surface area contributed by atoms with Crippen molar-refractivity contribution in [2.24, 2.45) is 0 Å². The van der Waals surface area contributed by atoms with E-state index in [1.165, 1.54) is 6.42 Å². The van der Waals surface area contributed by atoms with Gasteiger partial charge in [-0.15, -0.1) is 0 Å². The highest BCUT2D eigenvalue weighted by molar-refractivity contribution is 5.85. The number of furan rings is 1. The predicted molar refractivity (Wildman–Crippen MR) is 53.1 cm³/mol. The number of hydrogen-bond acceptors (Lipinski definition) is 3. The van der Waals surface area contributed by atoms with E-state index in [9.17, 15) is 4.79 Å². The molecule has 1 aliphatic heterocycles. The van der Waals surface area contributed by atoms with Crippen LogP contribution in [0.5, 0.6) is 0 Å². The highest BCUT2D eigenvalue weighted by atomic mass is 16.3. The Hall–Kier alpha value is -1.09. The van der Waals surface area contributed by atoms with Crippen LogP contribution >= 0.6 is 0 Å². The summed E-state index contributed by atoms with van der Waals surface area (Å²) in [7, 11) is 0. The lowest BCUT2D eigenvalue weighted by Crippen LogP contribution is -2.41. The van der Waals surface area contributed by atoms with Crippen molar-refractivity contribution in [1.29, 1.82) is 0 Å². The van der Waals surface area contributed by atoms with Gasteiger partial charge in [-0.3, -0.25) is 4.79 Å². The first-order valence-electron chi connectivity index (χ1n) is 5.15. The van der Waals surface area contributed by atoms with Crippen LogP contribution in [0.2, 0.25) is 0 Å². The zero-order valence-corrected chi connectivity index (χ0v) is 8.16. The van der Waals surface area contributed by atoms with Gasteiger partial charge in [-0.25, -0.2) is 0 Å². The number of carbonyl (C=O) groups is 1. The van der Waals surface area contributed by atoms with E-state index in [1.807, 2.05) is 12.1 Å². The number of rotatable bonds is 3. The smallest absolute Gasteiger partial charge is 0.157 e. The average molecular weight is 193 g/mol. The molecule has 1 N–H and O–H groups in total. The molecule has 0 amide bonds. The number of piperidine rings is 1. The third-order valence-electron chi connectivity index (χ3n) is 2.63. The normalized spacial score (nSPS) is 22.1. The summed E-state index contributed by atoms with van der Waals surface area (Å²) >= 11 is 0. The van der Waals surface area contributed by atoms with E-state index in [1.54, 1.807) is 6.26 Å². The molecule has 0 saturated carbocycles. The van der Waals surface area contributed by atoms with Gasteiger partial charge in [0.2, 0.25) is 0 Å². The summed E-state index contributed by atoms with van der Waals surface area (Å²) in [5, 5.41) is 3.24. The Balaban J connectivity index is 1.88. The highest BCUT2D eigenvalue weighted by Gasteiger charge is 2.20. The molecule has 1 aromatic heterocycles. The Bertz CT molecular complexity index is 286. The maximum absolute atomic E-state index is 11.7. The van der Waals surface area contributed by atoms with Gasteiger partial charge >= 0.3 is 0 Å². The van der Waals surface area contributed by atoms with Crippen molar-refractivity contribution in [2.45, 2.75) is 31.7 Å². The first-order chi connectivity index (χ1) is 6.86. The first-order valence-corrected chi connectivity index (χ1v) is 5.15. The number of nitrogens with one attached hydrogen (secondary N) is 1. The van der Waals surface area contributed by atoms with Crippen molar-refractivity contribution < 1.29 is 9.21 Å². The second-order valence-corrected chi connectivity index (χ2v) is 3.72. The molecule has 2 rings (SSSR count). The molecule has 1 atom stereocenters. The fourth-order valence-corrected chi connectivity index (χ4v) is 1.83. The molecule has 1 aromatic rings. The highest BCUT2D eigenvalue weighted by Crippen LogP contribution is 2.11. The zero-order chi connectivity index (χ0) is 9.80. The van der Waals surface area contributed by atoms with Gasteiger partial charge in [0.15, 0.2) is 5.78 Å². The minimum absolute atomic E-state index is 0.0499. The van der Waals surface area contributed by atoms with E-state index >= 15 is 0 Å². The lowest BCUT2D eigenvalue weighted by atomic mass is 9.99. The van der Waals surface area contributed by atoms with Crippen molar-refractivity contribution >= 4 is 5.78 Å². The quantitative estimate of drug-likeness (QED) is 0.791. The molecule has 0 radical (unpaired) electrons. The van der Waals surface area contributed by atoms with Crippen LogP contribution < -0.4 is 5.32 Å². The molecule has 0 aliphatic carbocycles. The monoisotopic (exact) mass is 193 g/mol. The summed E-state index contributed by atoms with van der Waals surface area (Å²) in [6.45, 7) is 0.967. The Morgan fingerprint density at radius 2 is 2.50 bits per heavy atom. The van der Waals surface area contributed by atoms with E-state index in [2.05, 4.69) is 5.32 Å². The molecule has 2 heterocycles. The van der Waals surface area contributed by atoms with Gasteiger partial charge < -0.3 is 9.73 Å². The Kier molecular flexibility index (Phi) is 2.99. The summed E-state index contributed by atoms with van der Waals surface area (Å²) in [5.74, 6) is 1.02. The summed E-state index contributed by atoms with van der Waals surface area (Å²) in [6, 6.07) is 3.71. The Labute approximate surface area is 83.5 Å². The van der Waals surface area contributed by atoms with E-state index in [4.69, 9.17) is 4.42 Å². The van der Waals surface area contributed by atoms with Crippen molar-refractivity contribution in [3.05, 3.63) is 24.2 Å². The van der Waals surface area contributed by atoms with Gasteiger partial charge in [0, 0.05) is 0 Å². The van der Waals surface area contributed by atoms with Crippen LogP contribution in [0.25, 0.3) is 0 Å².